The summed E-state index contributed by atoms with van der Waals surface area (Å²) in [6.07, 6.45) is 4.99. The van der Waals surface area contributed by atoms with Gasteiger partial charge in [-0.2, -0.15) is 10.2 Å². The Hall–Kier alpha value is -3.09. The molecular formula is C20H15Cl2N5O. The van der Waals surface area contributed by atoms with Crippen LogP contribution < -0.4 is 5.32 Å². The molecular weight excluding hydrogens is 397 g/mol. The first-order valence-electron chi connectivity index (χ1n) is 8.44. The molecule has 0 aliphatic rings. The normalized spacial score (nSPS) is 10.8. The van der Waals surface area contributed by atoms with Crippen LogP contribution in [0.25, 0.3) is 11.4 Å². The molecule has 2 aromatic carbocycles. The van der Waals surface area contributed by atoms with Crippen LogP contribution in [0.4, 0.5) is 5.69 Å². The molecule has 0 unspecified atom stereocenters. The Kier molecular flexibility index (Phi) is 4.90. The number of anilines is 1. The van der Waals surface area contributed by atoms with Gasteiger partial charge in [-0.05, 0) is 49.4 Å². The highest BCUT2D eigenvalue weighted by Crippen LogP contribution is 2.25. The van der Waals surface area contributed by atoms with E-state index in [2.05, 4.69) is 15.5 Å². The van der Waals surface area contributed by atoms with Crippen LogP contribution in [0.15, 0.2) is 67.1 Å². The highest BCUT2D eigenvalue weighted by molar-refractivity contribution is 6.31. The van der Waals surface area contributed by atoms with Crippen molar-refractivity contribution in [3.63, 3.8) is 0 Å². The van der Waals surface area contributed by atoms with E-state index in [9.17, 15) is 4.79 Å². The zero-order valence-corrected chi connectivity index (χ0v) is 16.3. The van der Waals surface area contributed by atoms with Gasteiger partial charge >= 0.3 is 0 Å². The van der Waals surface area contributed by atoms with Gasteiger partial charge in [0.05, 0.1) is 34.5 Å². The van der Waals surface area contributed by atoms with Crippen molar-refractivity contribution in [2.24, 2.45) is 0 Å². The van der Waals surface area contributed by atoms with Gasteiger partial charge in [0.1, 0.15) is 0 Å². The summed E-state index contributed by atoms with van der Waals surface area (Å²) in [5, 5.41) is 12.6. The highest BCUT2D eigenvalue weighted by Gasteiger charge is 2.17. The average molecular weight is 412 g/mol. The van der Waals surface area contributed by atoms with Gasteiger partial charge in [0.25, 0.3) is 5.91 Å². The minimum absolute atomic E-state index is 0.290. The van der Waals surface area contributed by atoms with Crippen LogP contribution in [0.1, 0.15) is 16.1 Å². The second kappa shape index (κ2) is 7.50. The molecule has 0 atom stereocenters. The lowest BCUT2D eigenvalue weighted by Gasteiger charge is -2.12. The van der Waals surface area contributed by atoms with Crippen LogP contribution in [0.5, 0.6) is 0 Å². The number of nitrogens with zero attached hydrogens (tertiary/aromatic N) is 4. The number of rotatable bonds is 4. The van der Waals surface area contributed by atoms with Gasteiger partial charge in [-0.1, -0.05) is 29.3 Å². The molecule has 0 bridgehead atoms. The van der Waals surface area contributed by atoms with Crippen molar-refractivity contribution in [2.45, 2.75) is 6.92 Å². The van der Waals surface area contributed by atoms with E-state index in [4.69, 9.17) is 23.2 Å². The van der Waals surface area contributed by atoms with Crippen molar-refractivity contribution in [3.8, 4) is 11.4 Å². The van der Waals surface area contributed by atoms with Crippen molar-refractivity contribution in [1.82, 2.24) is 19.6 Å². The molecule has 8 heteroatoms. The Morgan fingerprint density at radius 2 is 1.86 bits per heavy atom. The quantitative estimate of drug-likeness (QED) is 0.517. The SMILES string of the molecule is Cc1c(C(=O)Nc2cc(Cl)ccc2-n2cccn2)cnn1-c1cccc(Cl)c1. The standard InChI is InChI=1S/C20H15Cl2N5O/c1-13-17(12-24-27(13)16-5-2-4-14(21)10-16)20(28)25-18-11-15(22)6-7-19(18)26-9-3-8-23-26/h2-12H,1H3,(H,25,28). The third-order valence-corrected chi connectivity index (χ3v) is 4.74. The fourth-order valence-electron chi connectivity index (χ4n) is 2.91. The fourth-order valence-corrected chi connectivity index (χ4v) is 3.27. The number of nitrogens with one attached hydrogen (secondary N) is 1. The first-order chi connectivity index (χ1) is 13.5. The average Bonchev–Trinajstić information content (AvgIpc) is 3.32. The molecule has 0 spiro atoms. The van der Waals surface area contributed by atoms with Gasteiger partial charge < -0.3 is 5.32 Å². The van der Waals surface area contributed by atoms with Crippen LogP contribution in [-0.4, -0.2) is 25.5 Å². The molecule has 28 heavy (non-hydrogen) atoms. The molecule has 6 nitrogen and oxygen atoms in total. The van der Waals surface area contributed by atoms with Gasteiger partial charge in [-0.15, -0.1) is 0 Å². The number of halogens is 2. The van der Waals surface area contributed by atoms with Gasteiger partial charge in [0, 0.05) is 22.4 Å². The largest absolute Gasteiger partial charge is 0.320 e. The molecule has 2 heterocycles. The topological polar surface area (TPSA) is 64.7 Å². The van der Waals surface area contributed by atoms with E-state index >= 15 is 0 Å². The molecule has 0 fully saturated rings. The molecule has 0 saturated carbocycles. The van der Waals surface area contributed by atoms with Crippen molar-refractivity contribution in [1.29, 1.82) is 0 Å². The first kappa shape index (κ1) is 18.3. The number of aromatic nitrogens is 4. The Labute approximate surface area is 171 Å². The smallest absolute Gasteiger partial charge is 0.259 e. The first-order valence-corrected chi connectivity index (χ1v) is 9.20. The summed E-state index contributed by atoms with van der Waals surface area (Å²) in [5.41, 5.74) is 3.19. The van der Waals surface area contributed by atoms with E-state index in [1.165, 1.54) is 6.20 Å². The van der Waals surface area contributed by atoms with E-state index in [1.807, 2.05) is 19.1 Å². The van der Waals surface area contributed by atoms with E-state index < -0.39 is 0 Å². The molecule has 1 amide bonds. The Bertz CT molecular complexity index is 1150. The summed E-state index contributed by atoms with van der Waals surface area (Å²) in [7, 11) is 0. The molecule has 1 N–H and O–H groups in total. The van der Waals surface area contributed by atoms with Crippen LogP contribution in [0.2, 0.25) is 10.0 Å². The molecule has 0 aliphatic heterocycles. The van der Waals surface area contributed by atoms with E-state index in [1.54, 1.807) is 58.2 Å². The summed E-state index contributed by atoms with van der Waals surface area (Å²) < 4.78 is 3.33. The van der Waals surface area contributed by atoms with Crippen molar-refractivity contribution < 1.29 is 4.79 Å². The third-order valence-electron chi connectivity index (χ3n) is 4.27. The maximum atomic E-state index is 12.9. The Morgan fingerprint density at radius 1 is 1.04 bits per heavy atom. The summed E-state index contributed by atoms with van der Waals surface area (Å²) in [6, 6.07) is 14.3. The lowest BCUT2D eigenvalue weighted by Crippen LogP contribution is -2.15. The molecule has 0 saturated heterocycles. The van der Waals surface area contributed by atoms with Crippen LogP contribution in [0.3, 0.4) is 0 Å². The van der Waals surface area contributed by atoms with Gasteiger partial charge in [0.15, 0.2) is 0 Å². The zero-order valence-electron chi connectivity index (χ0n) is 14.8. The number of carbonyl (C=O) groups is 1. The Balaban J connectivity index is 1.66. The maximum Gasteiger partial charge on any atom is 0.259 e. The molecule has 4 rings (SSSR count). The predicted octanol–water partition coefficient (Wildman–Crippen LogP) is 4.93. The monoisotopic (exact) mass is 411 g/mol. The zero-order chi connectivity index (χ0) is 19.7. The van der Waals surface area contributed by atoms with Crippen LogP contribution >= 0.6 is 23.2 Å². The maximum absolute atomic E-state index is 12.9. The number of hydrogen-bond acceptors (Lipinski definition) is 3. The lowest BCUT2D eigenvalue weighted by atomic mass is 10.2. The van der Waals surface area contributed by atoms with Gasteiger partial charge in [0.2, 0.25) is 0 Å². The molecule has 0 aliphatic carbocycles. The van der Waals surface area contributed by atoms with E-state index in [0.29, 0.717) is 32.7 Å². The molecule has 2 aromatic heterocycles. The molecule has 140 valence electrons. The van der Waals surface area contributed by atoms with Gasteiger partial charge in [-0.3, -0.25) is 4.79 Å². The summed E-state index contributed by atoms with van der Waals surface area (Å²) in [5.74, 6) is -0.290. The predicted molar refractivity (Wildman–Crippen MR) is 110 cm³/mol. The van der Waals surface area contributed by atoms with Crippen molar-refractivity contribution in [2.75, 3.05) is 5.32 Å². The number of benzene rings is 2. The van der Waals surface area contributed by atoms with Crippen LogP contribution in [0, 0.1) is 6.92 Å². The minimum atomic E-state index is -0.290. The van der Waals surface area contributed by atoms with Crippen molar-refractivity contribution in [3.05, 3.63) is 88.4 Å². The Morgan fingerprint density at radius 3 is 2.61 bits per heavy atom. The summed E-state index contributed by atoms with van der Waals surface area (Å²) in [4.78, 5) is 12.9. The highest BCUT2D eigenvalue weighted by atomic mass is 35.5. The van der Waals surface area contributed by atoms with E-state index in [0.717, 1.165) is 5.69 Å². The second-order valence-electron chi connectivity index (χ2n) is 6.10. The third kappa shape index (κ3) is 3.52. The number of amides is 1. The second-order valence-corrected chi connectivity index (χ2v) is 6.97. The van der Waals surface area contributed by atoms with E-state index in [-0.39, 0.29) is 5.91 Å². The number of carbonyl (C=O) groups excluding carboxylic acids is 1. The number of hydrogen-bond donors (Lipinski definition) is 1. The molecule has 0 radical (unpaired) electrons. The lowest BCUT2D eigenvalue weighted by molar-refractivity contribution is 0.102. The summed E-state index contributed by atoms with van der Waals surface area (Å²) in [6.45, 7) is 1.83. The van der Waals surface area contributed by atoms with Crippen LogP contribution in [-0.2, 0) is 0 Å². The van der Waals surface area contributed by atoms with Gasteiger partial charge in [-0.25, -0.2) is 9.36 Å². The minimum Gasteiger partial charge on any atom is -0.320 e. The summed E-state index contributed by atoms with van der Waals surface area (Å²) >= 11 is 12.2. The van der Waals surface area contributed by atoms with Crippen molar-refractivity contribution >= 4 is 34.8 Å². The fraction of sp³-hybridized carbons (Fsp3) is 0.0500. The molecule has 4 aromatic rings.